The van der Waals surface area contributed by atoms with Crippen LogP contribution in [0, 0.1) is 23.7 Å². The van der Waals surface area contributed by atoms with Crippen molar-refractivity contribution in [2.75, 3.05) is 11.9 Å². The second-order valence-corrected chi connectivity index (χ2v) is 10.2. The summed E-state index contributed by atoms with van der Waals surface area (Å²) >= 11 is 0. The van der Waals surface area contributed by atoms with Gasteiger partial charge in [-0.05, 0) is 61.6 Å². The summed E-state index contributed by atoms with van der Waals surface area (Å²) in [5, 5.41) is 13.3. The van der Waals surface area contributed by atoms with Crippen molar-refractivity contribution in [3.8, 4) is 0 Å². The number of rotatable bonds is 4. The molecule has 1 saturated heterocycles. The van der Waals surface area contributed by atoms with Crippen LogP contribution in [0.5, 0.6) is 0 Å². The maximum absolute atomic E-state index is 13.2. The van der Waals surface area contributed by atoms with E-state index < -0.39 is 16.1 Å². The third kappa shape index (κ3) is 2.37. The highest BCUT2D eigenvalue weighted by Crippen LogP contribution is 2.56. The summed E-state index contributed by atoms with van der Waals surface area (Å²) in [7, 11) is -3.68. The molecular formula is C19H24N2O4S. The molecule has 26 heavy (non-hydrogen) atoms. The number of anilines is 1. The molecule has 0 unspecified atom stereocenters. The molecule has 0 aromatic heterocycles. The number of aliphatic hydroxyl groups is 1. The third-order valence-corrected chi connectivity index (χ3v) is 8.85. The van der Waals surface area contributed by atoms with E-state index in [0.29, 0.717) is 24.1 Å². The molecule has 0 spiro atoms. The lowest BCUT2D eigenvalue weighted by Gasteiger charge is -2.28. The zero-order chi connectivity index (χ0) is 18.1. The zero-order valence-electron chi connectivity index (χ0n) is 14.5. The summed E-state index contributed by atoms with van der Waals surface area (Å²) in [4.78, 5) is 12.3. The van der Waals surface area contributed by atoms with Gasteiger partial charge in [-0.25, -0.2) is 8.42 Å². The van der Waals surface area contributed by atoms with Crippen molar-refractivity contribution in [1.82, 2.24) is 4.31 Å². The lowest BCUT2D eigenvalue weighted by Crippen LogP contribution is -2.43. The van der Waals surface area contributed by atoms with Gasteiger partial charge in [-0.1, -0.05) is 12.5 Å². The smallest absolute Gasteiger partial charge is 0.243 e. The number of hydrogen-bond acceptors (Lipinski definition) is 4. The molecule has 2 N–H and O–H groups in total. The Hall–Kier alpha value is -1.44. The van der Waals surface area contributed by atoms with E-state index in [1.54, 1.807) is 24.3 Å². The number of benzene rings is 1. The van der Waals surface area contributed by atoms with Gasteiger partial charge in [-0.3, -0.25) is 4.79 Å². The largest absolute Gasteiger partial charge is 0.391 e. The number of nitrogens with one attached hydrogen (secondary N) is 1. The van der Waals surface area contributed by atoms with Gasteiger partial charge < -0.3 is 10.4 Å². The Labute approximate surface area is 153 Å². The number of fused-ring (bicyclic) bond motifs is 1. The summed E-state index contributed by atoms with van der Waals surface area (Å²) in [6, 6.07) is 6.24. The van der Waals surface area contributed by atoms with Gasteiger partial charge in [0.1, 0.15) is 0 Å². The first-order valence-electron chi connectivity index (χ1n) is 9.56. The SMILES string of the molecule is O=C(Nc1cccc(S(=O)(=O)N2C[C@@H]3C[C@H]4C[C@H]3[C@H]2[C@@H]4O)c1)C1CCC1. The van der Waals surface area contributed by atoms with E-state index in [1.165, 1.54) is 4.31 Å². The minimum atomic E-state index is -3.68. The number of aliphatic hydroxyl groups excluding tert-OH is 1. The minimum absolute atomic E-state index is 0.0286. The monoisotopic (exact) mass is 376 g/mol. The molecule has 1 aromatic rings. The summed E-state index contributed by atoms with van der Waals surface area (Å²) in [5.74, 6) is 0.952. The van der Waals surface area contributed by atoms with Crippen LogP contribution in [0.15, 0.2) is 29.2 Å². The predicted octanol–water partition coefficient (Wildman–Crippen LogP) is 1.81. The van der Waals surface area contributed by atoms with Crippen LogP contribution in [0.3, 0.4) is 0 Å². The Morgan fingerprint density at radius 2 is 2.00 bits per heavy atom. The van der Waals surface area contributed by atoms with Crippen LogP contribution in [0.2, 0.25) is 0 Å². The lowest BCUT2D eigenvalue weighted by atomic mass is 9.85. The van der Waals surface area contributed by atoms with Crippen LogP contribution in [-0.4, -0.2) is 42.4 Å². The summed E-state index contributed by atoms with van der Waals surface area (Å²) in [6.45, 7) is 0.504. The molecule has 4 aliphatic rings. The van der Waals surface area contributed by atoms with Crippen molar-refractivity contribution in [3.63, 3.8) is 0 Å². The molecule has 140 valence electrons. The first kappa shape index (κ1) is 16.7. The molecule has 1 heterocycles. The van der Waals surface area contributed by atoms with E-state index in [4.69, 9.17) is 0 Å². The van der Waals surface area contributed by atoms with Crippen molar-refractivity contribution in [3.05, 3.63) is 24.3 Å². The fourth-order valence-electron chi connectivity index (χ4n) is 5.42. The minimum Gasteiger partial charge on any atom is -0.391 e. The maximum Gasteiger partial charge on any atom is 0.243 e. The molecule has 1 amide bonds. The molecule has 6 nitrogen and oxygen atoms in total. The molecule has 4 fully saturated rings. The van der Waals surface area contributed by atoms with Crippen molar-refractivity contribution in [2.24, 2.45) is 23.7 Å². The number of nitrogens with zero attached hydrogens (tertiary/aromatic N) is 1. The highest BCUT2D eigenvalue weighted by Gasteiger charge is 2.61. The molecule has 3 aliphatic carbocycles. The molecule has 3 saturated carbocycles. The molecule has 5 atom stereocenters. The van der Waals surface area contributed by atoms with Crippen molar-refractivity contribution in [2.45, 2.75) is 49.1 Å². The Kier molecular flexibility index (Phi) is 3.71. The fourth-order valence-corrected chi connectivity index (χ4v) is 7.21. The van der Waals surface area contributed by atoms with E-state index in [2.05, 4.69) is 5.32 Å². The highest BCUT2D eigenvalue weighted by atomic mass is 32.2. The molecule has 1 aliphatic heterocycles. The van der Waals surface area contributed by atoms with Gasteiger partial charge in [0.2, 0.25) is 15.9 Å². The van der Waals surface area contributed by atoms with Crippen LogP contribution < -0.4 is 5.32 Å². The second kappa shape index (κ2) is 5.78. The Morgan fingerprint density at radius 1 is 1.19 bits per heavy atom. The van der Waals surface area contributed by atoms with E-state index >= 15 is 0 Å². The van der Waals surface area contributed by atoms with Crippen LogP contribution in [0.25, 0.3) is 0 Å². The van der Waals surface area contributed by atoms with Gasteiger partial charge in [0.15, 0.2) is 0 Å². The van der Waals surface area contributed by atoms with Crippen LogP contribution in [0.1, 0.15) is 32.1 Å². The van der Waals surface area contributed by atoms with E-state index in [0.717, 1.165) is 32.1 Å². The number of hydrogen-bond donors (Lipinski definition) is 2. The molecule has 7 heteroatoms. The average molecular weight is 376 g/mol. The van der Waals surface area contributed by atoms with Crippen LogP contribution in [-0.2, 0) is 14.8 Å². The topological polar surface area (TPSA) is 86.7 Å². The quantitative estimate of drug-likeness (QED) is 0.839. The standard InChI is InChI=1S/C19H24N2O4S/c22-18-12-7-13-10-21(17(18)16(13)8-12)26(24,25)15-6-2-5-14(9-15)20-19(23)11-3-1-4-11/h2,5-6,9,11-13,16-18,22H,1,3-4,7-8,10H2,(H,20,23)/t12-,13-,16+,17-,18+/m0/s1. The van der Waals surface area contributed by atoms with Gasteiger partial charge >= 0.3 is 0 Å². The third-order valence-electron chi connectivity index (χ3n) is 6.99. The van der Waals surface area contributed by atoms with Gasteiger partial charge in [0.05, 0.1) is 17.0 Å². The number of sulfonamides is 1. The predicted molar refractivity (Wildman–Crippen MR) is 95.8 cm³/mol. The Bertz CT molecular complexity index is 849. The van der Waals surface area contributed by atoms with E-state index in [1.807, 2.05) is 0 Å². The first-order valence-corrected chi connectivity index (χ1v) is 11.0. The van der Waals surface area contributed by atoms with Gasteiger partial charge in [0.25, 0.3) is 0 Å². The molecule has 5 rings (SSSR count). The van der Waals surface area contributed by atoms with Crippen molar-refractivity contribution >= 4 is 21.6 Å². The van der Waals surface area contributed by atoms with E-state index in [-0.39, 0.29) is 28.7 Å². The number of amides is 1. The molecule has 1 aromatic carbocycles. The Balaban J connectivity index is 1.40. The second-order valence-electron chi connectivity index (χ2n) is 8.36. The molecule has 0 radical (unpaired) electrons. The number of carbonyl (C=O) groups excluding carboxylic acids is 1. The van der Waals surface area contributed by atoms with Crippen LogP contribution in [0.4, 0.5) is 5.69 Å². The first-order chi connectivity index (χ1) is 12.4. The zero-order valence-corrected chi connectivity index (χ0v) is 15.4. The highest BCUT2D eigenvalue weighted by molar-refractivity contribution is 7.89. The average Bonchev–Trinajstić information content (AvgIpc) is 3.15. The van der Waals surface area contributed by atoms with Crippen LogP contribution >= 0.6 is 0 Å². The molecule has 2 bridgehead atoms. The van der Waals surface area contributed by atoms with E-state index in [9.17, 15) is 18.3 Å². The summed E-state index contributed by atoms with van der Waals surface area (Å²) < 4.78 is 28.0. The van der Waals surface area contributed by atoms with Gasteiger partial charge in [-0.15, -0.1) is 0 Å². The maximum atomic E-state index is 13.2. The van der Waals surface area contributed by atoms with Gasteiger partial charge in [-0.2, -0.15) is 4.31 Å². The van der Waals surface area contributed by atoms with Crippen molar-refractivity contribution < 1.29 is 18.3 Å². The van der Waals surface area contributed by atoms with Crippen molar-refractivity contribution in [1.29, 1.82) is 0 Å². The van der Waals surface area contributed by atoms with Gasteiger partial charge in [0, 0.05) is 18.2 Å². The normalized spacial score (nSPS) is 36.3. The fraction of sp³-hybridized carbons (Fsp3) is 0.632. The summed E-state index contributed by atoms with van der Waals surface area (Å²) in [6.07, 6.45) is 4.22. The number of carbonyl (C=O) groups is 1. The Morgan fingerprint density at radius 3 is 2.69 bits per heavy atom. The summed E-state index contributed by atoms with van der Waals surface area (Å²) in [5.41, 5.74) is 0.523. The molecular weight excluding hydrogens is 352 g/mol. The lowest BCUT2D eigenvalue weighted by molar-refractivity contribution is -0.122.